The van der Waals surface area contributed by atoms with Crippen LogP contribution in [-0.4, -0.2) is 19.9 Å². The van der Waals surface area contributed by atoms with Gasteiger partial charge in [-0.05, 0) is 18.6 Å². The number of para-hydroxylation sites is 1. The maximum Gasteiger partial charge on any atom is 0.266 e. The molecule has 2 atom stereocenters. The molecule has 2 rings (SSSR count). The summed E-state index contributed by atoms with van der Waals surface area (Å²) in [4.78, 5) is 11.8. The van der Waals surface area contributed by atoms with Crippen LogP contribution in [0.25, 0.3) is 0 Å². The van der Waals surface area contributed by atoms with Crippen molar-refractivity contribution in [1.82, 2.24) is 4.72 Å². The Bertz CT molecular complexity index is 641. The minimum Gasteiger partial charge on any atom is -0.398 e. The number of carbonyl (C=O) groups is 1. The number of rotatable bonds is 4. The van der Waals surface area contributed by atoms with Crippen molar-refractivity contribution in [2.24, 2.45) is 11.7 Å². The Morgan fingerprint density at radius 3 is 2.63 bits per heavy atom. The van der Waals surface area contributed by atoms with Gasteiger partial charge in [0, 0.05) is 5.92 Å². The molecule has 1 amide bonds. The van der Waals surface area contributed by atoms with Crippen molar-refractivity contribution in [3.05, 3.63) is 36.9 Å². The first kappa shape index (κ1) is 13.6. The van der Waals surface area contributed by atoms with E-state index in [2.05, 4.69) is 6.58 Å². The lowest BCUT2D eigenvalue weighted by Crippen LogP contribution is -2.46. The highest BCUT2D eigenvalue weighted by Gasteiger charge is 2.56. The number of anilines is 1. The highest BCUT2D eigenvalue weighted by molar-refractivity contribution is 7.90. The van der Waals surface area contributed by atoms with Crippen molar-refractivity contribution in [2.75, 3.05) is 5.73 Å². The number of nitrogen functional groups attached to an aromatic ring is 1. The lowest BCUT2D eigenvalue weighted by atomic mass is 10.2. The summed E-state index contributed by atoms with van der Waals surface area (Å²) < 4.78 is 26.0. The zero-order valence-electron chi connectivity index (χ0n) is 10.2. The summed E-state index contributed by atoms with van der Waals surface area (Å²) in [5, 5.41) is 0. The first-order valence-corrected chi connectivity index (χ1v) is 7.13. The summed E-state index contributed by atoms with van der Waals surface area (Å²) in [6.45, 7) is 3.54. The fraction of sp³-hybridized carbons (Fsp3) is 0.250. The fourth-order valence-corrected chi connectivity index (χ4v) is 3.04. The fourth-order valence-electron chi connectivity index (χ4n) is 1.86. The minimum atomic E-state index is -4.00. The van der Waals surface area contributed by atoms with Crippen molar-refractivity contribution in [3.8, 4) is 0 Å². The van der Waals surface area contributed by atoms with Crippen molar-refractivity contribution < 1.29 is 13.2 Å². The van der Waals surface area contributed by atoms with E-state index < -0.39 is 21.5 Å². The highest BCUT2D eigenvalue weighted by atomic mass is 32.2. The first-order chi connectivity index (χ1) is 8.81. The molecule has 6 nitrogen and oxygen atoms in total. The molecule has 0 radical (unpaired) electrons. The zero-order chi connectivity index (χ0) is 14.3. The molecule has 5 N–H and O–H groups in total. The lowest BCUT2D eigenvalue weighted by Gasteiger charge is -2.13. The molecular formula is C12H15N3O3S. The summed E-state index contributed by atoms with van der Waals surface area (Å²) >= 11 is 0. The van der Waals surface area contributed by atoms with E-state index in [0.717, 1.165) is 0 Å². The van der Waals surface area contributed by atoms with Gasteiger partial charge < -0.3 is 11.5 Å². The number of nitrogens with two attached hydrogens (primary N) is 2. The average molecular weight is 281 g/mol. The Morgan fingerprint density at radius 2 is 2.11 bits per heavy atom. The van der Waals surface area contributed by atoms with Gasteiger partial charge in [0.15, 0.2) is 0 Å². The van der Waals surface area contributed by atoms with Gasteiger partial charge in [-0.15, -0.1) is 6.58 Å². The van der Waals surface area contributed by atoms with Gasteiger partial charge in [0.25, 0.3) is 15.9 Å². The van der Waals surface area contributed by atoms with E-state index in [1.54, 1.807) is 12.1 Å². The molecule has 0 spiro atoms. The van der Waals surface area contributed by atoms with Crippen molar-refractivity contribution in [2.45, 2.75) is 16.9 Å². The summed E-state index contributed by atoms with van der Waals surface area (Å²) in [5.74, 6) is -0.934. The topological polar surface area (TPSA) is 115 Å². The third kappa shape index (κ3) is 2.34. The first-order valence-electron chi connectivity index (χ1n) is 5.64. The molecule has 1 saturated carbocycles. The zero-order valence-corrected chi connectivity index (χ0v) is 11.0. The monoisotopic (exact) mass is 281 g/mol. The van der Waals surface area contributed by atoms with Crippen LogP contribution in [-0.2, 0) is 14.8 Å². The Labute approximate surface area is 111 Å². The van der Waals surface area contributed by atoms with E-state index in [0.29, 0.717) is 6.42 Å². The van der Waals surface area contributed by atoms with Gasteiger partial charge in [-0.3, -0.25) is 4.79 Å². The van der Waals surface area contributed by atoms with E-state index in [1.807, 2.05) is 4.72 Å². The second kappa shape index (κ2) is 4.36. The average Bonchev–Trinajstić information content (AvgIpc) is 3.02. The standard InChI is InChI=1S/C12H15N3O3S/c1-2-8-7-12(8,14)11(16)15-19(17,18)10-6-4-3-5-9(10)13/h2-6,8H,1,7,13-14H2,(H,15,16)/t8-,12-/m1/s1. The molecule has 1 fully saturated rings. The minimum absolute atomic E-state index is 0.0740. The molecule has 0 heterocycles. The quantitative estimate of drug-likeness (QED) is 0.530. The van der Waals surface area contributed by atoms with Crippen LogP contribution in [0.15, 0.2) is 41.8 Å². The summed E-state index contributed by atoms with van der Waals surface area (Å²) in [5.41, 5.74) is 10.3. The van der Waals surface area contributed by atoms with E-state index in [9.17, 15) is 13.2 Å². The predicted octanol–water partition coefficient (Wildman–Crippen LogP) is -0.0229. The van der Waals surface area contributed by atoms with Gasteiger partial charge in [0.05, 0.1) is 5.69 Å². The number of carbonyl (C=O) groups excluding carboxylic acids is 1. The summed E-state index contributed by atoms with van der Waals surface area (Å²) in [6, 6.07) is 5.90. The second-order valence-electron chi connectivity index (χ2n) is 4.56. The molecule has 19 heavy (non-hydrogen) atoms. The van der Waals surface area contributed by atoms with Gasteiger partial charge in [0.2, 0.25) is 0 Å². The van der Waals surface area contributed by atoms with Crippen LogP contribution >= 0.6 is 0 Å². The van der Waals surface area contributed by atoms with E-state index in [1.165, 1.54) is 18.2 Å². The maximum absolute atomic E-state index is 12.0. The molecule has 0 saturated heterocycles. The van der Waals surface area contributed by atoms with Crippen molar-refractivity contribution in [3.63, 3.8) is 0 Å². The van der Waals surface area contributed by atoms with Crippen LogP contribution in [0.5, 0.6) is 0 Å². The van der Waals surface area contributed by atoms with E-state index in [-0.39, 0.29) is 16.5 Å². The highest BCUT2D eigenvalue weighted by Crippen LogP contribution is 2.42. The SMILES string of the molecule is C=C[C@@H]1C[C@]1(N)C(=O)NS(=O)(=O)c1ccccc1N. The smallest absolute Gasteiger partial charge is 0.266 e. The molecule has 1 aliphatic rings. The second-order valence-corrected chi connectivity index (χ2v) is 6.21. The normalized spacial score (nSPS) is 25.6. The molecule has 0 bridgehead atoms. The Balaban J connectivity index is 2.22. The maximum atomic E-state index is 12.0. The number of benzene rings is 1. The molecule has 1 aromatic rings. The lowest BCUT2D eigenvalue weighted by molar-refractivity contribution is -0.121. The number of hydrogen-bond acceptors (Lipinski definition) is 5. The molecule has 1 aliphatic carbocycles. The van der Waals surface area contributed by atoms with E-state index >= 15 is 0 Å². The molecule has 102 valence electrons. The molecule has 0 aromatic heterocycles. The molecule has 1 aromatic carbocycles. The van der Waals surface area contributed by atoms with Gasteiger partial charge in [-0.2, -0.15) is 0 Å². The van der Waals surface area contributed by atoms with Crippen molar-refractivity contribution >= 4 is 21.6 Å². The van der Waals surface area contributed by atoms with Crippen molar-refractivity contribution in [1.29, 1.82) is 0 Å². The van der Waals surface area contributed by atoms with Gasteiger partial charge in [-0.1, -0.05) is 18.2 Å². The van der Waals surface area contributed by atoms with E-state index in [4.69, 9.17) is 11.5 Å². The Kier molecular flexibility index (Phi) is 3.11. The molecular weight excluding hydrogens is 266 g/mol. The molecule has 7 heteroatoms. The van der Waals surface area contributed by atoms with Crippen LogP contribution in [0.4, 0.5) is 5.69 Å². The largest absolute Gasteiger partial charge is 0.398 e. The number of amides is 1. The number of hydrogen-bond donors (Lipinski definition) is 3. The summed E-state index contributed by atoms with van der Waals surface area (Å²) in [7, 11) is -4.00. The van der Waals surface area contributed by atoms with Gasteiger partial charge in [0.1, 0.15) is 10.4 Å². The molecule has 0 aliphatic heterocycles. The van der Waals surface area contributed by atoms with Crippen LogP contribution in [0.1, 0.15) is 6.42 Å². The van der Waals surface area contributed by atoms with Crippen LogP contribution in [0.2, 0.25) is 0 Å². The number of nitrogens with one attached hydrogen (secondary N) is 1. The van der Waals surface area contributed by atoms with Gasteiger partial charge in [-0.25, -0.2) is 13.1 Å². The third-order valence-electron chi connectivity index (χ3n) is 3.20. The summed E-state index contributed by atoms with van der Waals surface area (Å²) in [6.07, 6.45) is 1.94. The molecule has 0 unspecified atom stereocenters. The van der Waals surface area contributed by atoms with Crippen LogP contribution < -0.4 is 16.2 Å². The Morgan fingerprint density at radius 1 is 1.47 bits per heavy atom. The third-order valence-corrected chi connectivity index (χ3v) is 4.61. The van der Waals surface area contributed by atoms with Crippen LogP contribution in [0.3, 0.4) is 0 Å². The van der Waals surface area contributed by atoms with Gasteiger partial charge >= 0.3 is 0 Å². The number of sulfonamides is 1. The van der Waals surface area contributed by atoms with Crippen LogP contribution in [0, 0.1) is 5.92 Å². The Hall–Kier alpha value is -1.86. The predicted molar refractivity (Wildman–Crippen MR) is 71.4 cm³/mol.